The summed E-state index contributed by atoms with van der Waals surface area (Å²) in [6.45, 7) is 0. The number of hydrogen-bond acceptors (Lipinski definition) is 1. The summed E-state index contributed by atoms with van der Waals surface area (Å²) in [5, 5.41) is 12.5. The topological polar surface area (TPSA) is 20.2 Å². The average molecular weight is 245 g/mol. The second kappa shape index (κ2) is 5.17. The van der Waals surface area contributed by atoms with Crippen molar-refractivity contribution in [1.82, 2.24) is 0 Å². The van der Waals surface area contributed by atoms with Crippen LogP contribution in [-0.4, -0.2) is 12.2 Å². The molecule has 0 saturated carbocycles. The smallest absolute Gasteiger partial charge is 0.0562 e. The fourth-order valence-electron chi connectivity index (χ4n) is 1.96. The van der Waals surface area contributed by atoms with E-state index in [-0.39, 0.29) is 0 Å². The van der Waals surface area contributed by atoms with Gasteiger partial charge in [0.2, 0.25) is 0 Å². The molecule has 3 aromatic carbocycles. The summed E-state index contributed by atoms with van der Waals surface area (Å²) in [7, 11) is 1.00. The summed E-state index contributed by atoms with van der Waals surface area (Å²) >= 11 is 6.37. The number of halogens is 1. The van der Waals surface area contributed by atoms with E-state index >= 15 is 0 Å². The minimum absolute atomic E-state index is 0.851. The van der Waals surface area contributed by atoms with E-state index in [0.717, 1.165) is 22.9 Å². The first-order valence-corrected chi connectivity index (χ1v) is 5.75. The van der Waals surface area contributed by atoms with Crippen LogP contribution in [0.25, 0.3) is 21.5 Å². The lowest BCUT2D eigenvalue weighted by molar-refractivity contribution is 0.399. The molecule has 0 aromatic heterocycles. The first-order valence-electron chi connectivity index (χ1n) is 5.37. The van der Waals surface area contributed by atoms with E-state index in [4.69, 9.17) is 16.7 Å². The molecule has 0 atom stereocenters. The van der Waals surface area contributed by atoms with E-state index in [1.807, 2.05) is 24.3 Å². The maximum Gasteiger partial charge on any atom is 0.0562 e. The minimum atomic E-state index is 0.851. The highest BCUT2D eigenvalue weighted by molar-refractivity contribution is 6.40. The van der Waals surface area contributed by atoms with Crippen molar-refractivity contribution in [2.24, 2.45) is 0 Å². The lowest BCUT2D eigenvalue weighted by atomic mass is 10.0. The summed E-state index contributed by atoms with van der Waals surface area (Å²) in [5.74, 6) is 0. The summed E-state index contributed by atoms with van der Waals surface area (Å²) < 4.78 is 0. The van der Waals surface area contributed by atoms with Gasteiger partial charge < -0.3 is 5.11 Å². The fraction of sp³-hybridized carbons (Fsp3) is 0.0667. The Hall–Kier alpha value is -1.57. The van der Waals surface area contributed by atoms with Gasteiger partial charge in [0.1, 0.15) is 0 Å². The Morgan fingerprint density at radius 1 is 0.765 bits per heavy atom. The third-order valence-corrected chi connectivity index (χ3v) is 3.11. The zero-order valence-electron chi connectivity index (χ0n) is 9.52. The van der Waals surface area contributed by atoms with E-state index in [0.29, 0.717) is 0 Å². The molecular weight excluding hydrogens is 232 g/mol. The molecule has 17 heavy (non-hydrogen) atoms. The Morgan fingerprint density at radius 3 is 1.65 bits per heavy atom. The molecule has 1 N–H and O–H groups in total. The molecule has 0 unspecified atom stereocenters. The molecule has 0 amide bonds. The van der Waals surface area contributed by atoms with Gasteiger partial charge in [0.05, 0.1) is 5.02 Å². The highest BCUT2D eigenvalue weighted by Crippen LogP contribution is 2.31. The molecule has 0 saturated heterocycles. The van der Waals surface area contributed by atoms with Crippen molar-refractivity contribution in [3.05, 3.63) is 59.6 Å². The van der Waals surface area contributed by atoms with Crippen LogP contribution < -0.4 is 0 Å². The molecule has 0 bridgehead atoms. The molecule has 0 aliphatic carbocycles. The molecule has 0 aliphatic heterocycles. The van der Waals surface area contributed by atoms with Crippen LogP contribution in [0.1, 0.15) is 0 Å². The van der Waals surface area contributed by atoms with Crippen LogP contribution >= 0.6 is 11.6 Å². The Kier molecular flexibility index (Phi) is 3.62. The predicted molar refractivity (Wildman–Crippen MR) is 74.6 cm³/mol. The number of aliphatic hydroxyl groups is 1. The van der Waals surface area contributed by atoms with E-state index in [1.165, 1.54) is 10.8 Å². The van der Waals surface area contributed by atoms with Crippen molar-refractivity contribution >= 4 is 33.1 Å². The van der Waals surface area contributed by atoms with Gasteiger partial charge in [-0.25, -0.2) is 0 Å². The van der Waals surface area contributed by atoms with Crippen LogP contribution in [0.3, 0.4) is 0 Å². The quantitative estimate of drug-likeness (QED) is 0.586. The van der Waals surface area contributed by atoms with Crippen molar-refractivity contribution in [2.45, 2.75) is 0 Å². The van der Waals surface area contributed by atoms with E-state index < -0.39 is 0 Å². The summed E-state index contributed by atoms with van der Waals surface area (Å²) in [6.07, 6.45) is 0. The van der Waals surface area contributed by atoms with Gasteiger partial charge in [-0.3, -0.25) is 0 Å². The van der Waals surface area contributed by atoms with Crippen LogP contribution in [0.4, 0.5) is 0 Å². The first-order chi connectivity index (χ1) is 8.36. The molecule has 3 aromatic rings. The summed E-state index contributed by atoms with van der Waals surface area (Å²) in [6, 6.07) is 18.6. The van der Waals surface area contributed by atoms with Crippen molar-refractivity contribution in [2.75, 3.05) is 7.11 Å². The highest BCUT2D eigenvalue weighted by Gasteiger charge is 2.03. The molecule has 0 radical (unpaired) electrons. The van der Waals surface area contributed by atoms with Crippen molar-refractivity contribution in [1.29, 1.82) is 0 Å². The molecule has 0 aliphatic rings. The molecule has 2 heteroatoms. The van der Waals surface area contributed by atoms with Crippen molar-refractivity contribution in [3.63, 3.8) is 0 Å². The van der Waals surface area contributed by atoms with Crippen LogP contribution in [0.5, 0.6) is 0 Å². The van der Waals surface area contributed by atoms with Gasteiger partial charge in [0.25, 0.3) is 0 Å². The maximum atomic E-state index is 7.00. The third-order valence-electron chi connectivity index (χ3n) is 2.71. The summed E-state index contributed by atoms with van der Waals surface area (Å²) in [5.41, 5.74) is 0. The lowest BCUT2D eigenvalue weighted by Crippen LogP contribution is -1.78. The molecule has 3 rings (SSSR count). The van der Waals surface area contributed by atoms with Gasteiger partial charge in [-0.15, -0.1) is 0 Å². The van der Waals surface area contributed by atoms with Gasteiger partial charge >= 0.3 is 0 Å². The van der Waals surface area contributed by atoms with Gasteiger partial charge in [0.15, 0.2) is 0 Å². The average Bonchev–Trinajstić information content (AvgIpc) is 2.41. The largest absolute Gasteiger partial charge is 0.400 e. The third kappa shape index (κ3) is 2.12. The van der Waals surface area contributed by atoms with Gasteiger partial charge in [0, 0.05) is 17.9 Å². The SMILES string of the molecule is CO.Clc1c2ccccc2cc2ccccc12. The Morgan fingerprint density at radius 2 is 1.18 bits per heavy atom. The van der Waals surface area contributed by atoms with Crippen LogP contribution in [-0.2, 0) is 0 Å². The molecule has 1 nitrogen and oxygen atoms in total. The van der Waals surface area contributed by atoms with Gasteiger partial charge in [-0.05, 0) is 16.8 Å². The molecule has 0 fully saturated rings. The monoisotopic (exact) mass is 244 g/mol. The van der Waals surface area contributed by atoms with E-state index in [1.54, 1.807) is 0 Å². The fourth-order valence-corrected chi connectivity index (χ4v) is 2.30. The molecule has 0 spiro atoms. The maximum absolute atomic E-state index is 7.00. The lowest BCUT2D eigenvalue weighted by Gasteiger charge is -2.05. The van der Waals surface area contributed by atoms with Crippen molar-refractivity contribution in [3.8, 4) is 0 Å². The zero-order chi connectivity index (χ0) is 12.3. The Labute approximate surface area is 105 Å². The Balaban J connectivity index is 0.000000514. The first kappa shape index (κ1) is 11.9. The number of rotatable bonds is 0. The Bertz CT molecular complexity index is 593. The summed E-state index contributed by atoms with van der Waals surface area (Å²) in [4.78, 5) is 0. The van der Waals surface area contributed by atoms with E-state index in [2.05, 4.69) is 30.3 Å². The number of aliphatic hydroxyl groups excluding tert-OH is 1. The van der Waals surface area contributed by atoms with Gasteiger partial charge in [-0.2, -0.15) is 0 Å². The van der Waals surface area contributed by atoms with Crippen molar-refractivity contribution < 1.29 is 5.11 Å². The van der Waals surface area contributed by atoms with Gasteiger partial charge in [-0.1, -0.05) is 60.1 Å². The minimum Gasteiger partial charge on any atom is -0.400 e. The molecular formula is C15H13ClO. The van der Waals surface area contributed by atoms with E-state index in [9.17, 15) is 0 Å². The highest BCUT2D eigenvalue weighted by atomic mass is 35.5. The standard InChI is InChI=1S/C14H9Cl.CH4O/c15-14-12-7-3-1-5-10(12)9-11-6-2-4-8-13(11)14;1-2/h1-9H;2H,1H3. The number of benzene rings is 3. The zero-order valence-corrected chi connectivity index (χ0v) is 10.3. The number of hydrogen-bond donors (Lipinski definition) is 1. The number of fused-ring (bicyclic) bond motifs is 2. The second-order valence-corrected chi connectivity index (χ2v) is 4.01. The van der Waals surface area contributed by atoms with Crippen LogP contribution in [0.15, 0.2) is 54.6 Å². The molecule has 86 valence electrons. The predicted octanol–water partition coefficient (Wildman–Crippen LogP) is 4.25. The van der Waals surface area contributed by atoms with Crippen LogP contribution in [0, 0.1) is 0 Å². The molecule has 0 heterocycles. The van der Waals surface area contributed by atoms with Crippen LogP contribution in [0.2, 0.25) is 5.02 Å². The normalized spacial score (nSPS) is 10.1. The second-order valence-electron chi connectivity index (χ2n) is 3.63.